The number of hydrogen-bond acceptors (Lipinski definition) is 1. The van der Waals surface area contributed by atoms with Crippen molar-refractivity contribution in [2.45, 2.75) is 27.2 Å². The van der Waals surface area contributed by atoms with Crippen molar-refractivity contribution in [1.82, 2.24) is 0 Å². The molecule has 1 nitrogen and oxygen atoms in total. The quantitative estimate of drug-likeness (QED) is 0.486. The van der Waals surface area contributed by atoms with E-state index in [2.05, 4.69) is 20.1 Å². The molecular weight excluding hydrogens is 172 g/mol. The van der Waals surface area contributed by atoms with Gasteiger partial charge < -0.3 is 4.74 Å². The van der Waals surface area contributed by atoms with Crippen LogP contribution in [-0.4, -0.2) is 7.11 Å². The van der Waals surface area contributed by atoms with Crippen LogP contribution in [0.5, 0.6) is 0 Å². The van der Waals surface area contributed by atoms with E-state index in [-0.39, 0.29) is 0 Å². The number of methoxy groups -OCH3 is 1. The number of ether oxygens (including phenoxy) is 1. The van der Waals surface area contributed by atoms with Crippen LogP contribution in [0.3, 0.4) is 0 Å². The lowest BCUT2D eigenvalue weighted by molar-refractivity contribution is 0.306. The third-order valence-electron chi connectivity index (χ3n) is 2.35. The second kappa shape index (κ2) is 6.47. The van der Waals surface area contributed by atoms with Gasteiger partial charge in [0.25, 0.3) is 0 Å². The van der Waals surface area contributed by atoms with Crippen molar-refractivity contribution in [3.05, 3.63) is 36.6 Å². The summed E-state index contributed by atoms with van der Waals surface area (Å²) < 4.78 is 5.07. The predicted octanol–water partition coefficient (Wildman–Crippen LogP) is 3.94. The summed E-state index contributed by atoms with van der Waals surface area (Å²) in [5, 5.41) is 0. The highest BCUT2D eigenvalue weighted by molar-refractivity contribution is 5.28. The van der Waals surface area contributed by atoms with Crippen LogP contribution >= 0.6 is 0 Å². The van der Waals surface area contributed by atoms with Crippen LogP contribution in [0, 0.1) is 11.8 Å². The zero-order chi connectivity index (χ0) is 11.1. The average Bonchev–Trinajstić information content (AvgIpc) is 2.95. The van der Waals surface area contributed by atoms with Crippen molar-refractivity contribution in [3.63, 3.8) is 0 Å². The van der Waals surface area contributed by atoms with Crippen LogP contribution < -0.4 is 0 Å². The Kier molecular flexibility index (Phi) is 6.02. The molecule has 1 aliphatic rings. The molecule has 0 heterocycles. The molecule has 1 heteroatoms. The molecule has 1 rings (SSSR count). The monoisotopic (exact) mass is 194 g/mol. The van der Waals surface area contributed by atoms with Gasteiger partial charge in [-0.2, -0.15) is 0 Å². The normalized spacial score (nSPS) is 24.4. The minimum Gasteiger partial charge on any atom is -0.497 e. The van der Waals surface area contributed by atoms with E-state index in [0.29, 0.717) is 5.92 Å². The molecule has 1 saturated carbocycles. The van der Waals surface area contributed by atoms with Gasteiger partial charge in [0, 0.05) is 0 Å². The molecule has 0 N–H and O–H groups in total. The minimum atomic E-state index is 0.676. The van der Waals surface area contributed by atoms with Crippen molar-refractivity contribution in [1.29, 1.82) is 0 Å². The molecule has 1 aliphatic carbocycles. The van der Waals surface area contributed by atoms with Gasteiger partial charge in [-0.05, 0) is 36.0 Å². The van der Waals surface area contributed by atoms with Gasteiger partial charge in [0.05, 0.1) is 7.11 Å². The molecule has 0 bridgehead atoms. The van der Waals surface area contributed by atoms with Gasteiger partial charge in [0.1, 0.15) is 5.76 Å². The third-order valence-corrected chi connectivity index (χ3v) is 2.35. The zero-order valence-corrected chi connectivity index (χ0v) is 9.84. The maximum absolute atomic E-state index is 5.07. The van der Waals surface area contributed by atoms with Gasteiger partial charge >= 0.3 is 0 Å². The molecule has 1 fully saturated rings. The molecule has 14 heavy (non-hydrogen) atoms. The fraction of sp³-hybridized carbons (Fsp3) is 0.538. The summed E-state index contributed by atoms with van der Waals surface area (Å²) >= 11 is 0. The summed E-state index contributed by atoms with van der Waals surface area (Å²) in [6, 6.07) is 0. The van der Waals surface area contributed by atoms with Gasteiger partial charge in [0.15, 0.2) is 0 Å². The summed E-state index contributed by atoms with van der Waals surface area (Å²) in [5.74, 6) is 2.28. The predicted molar refractivity (Wildman–Crippen MR) is 63.0 cm³/mol. The maximum atomic E-state index is 5.07. The third kappa shape index (κ3) is 3.82. The van der Waals surface area contributed by atoms with E-state index in [0.717, 1.165) is 11.7 Å². The summed E-state index contributed by atoms with van der Waals surface area (Å²) in [6.45, 7) is 13.9. The first-order valence-corrected chi connectivity index (χ1v) is 5.26. The van der Waals surface area contributed by atoms with E-state index in [9.17, 15) is 0 Å². The highest BCUT2D eigenvalue weighted by Gasteiger charge is 2.33. The SMILES string of the molecule is C=C/C(=C\C(=C)C1CC1C)OC.CC. The Balaban J connectivity index is 0.000000791. The molecule has 2 atom stereocenters. The molecular formula is C13H22O. The molecule has 0 radical (unpaired) electrons. The van der Waals surface area contributed by atoms with Crippen LogP contribution in [0.2, 0.25) is 0 Å². The van der Waals surface area contributed by atoms with Crippen LogP contribution in [-0.2, 0) is 4.74 Å². The Morgan fingerprint density at radius 3 is 2.21 bits per heavy atom. The molecule has 0 saturated heterocycles. The van der Waals surface area contributed by atoms with Crippen molar-refractivity contribution in [2.24, 2.45) is 11.8 Å². The Morgan fingerprint density at radius 2 is 1.93 bits per heavy atom. The van der Waals surface area contributed by atoms with E-state index in [1.54, 1.807) is 13.2 Å². The van der Waals surface area contributed by atoms with Gasteiger partial charge in [-0.1, -0.05) is 33.9 Å². The molecule has 0 aromatic carbocycles. The van der Waals surface area contributed by atoms with Crippen LogP contribution in [0.4, 0.5) is 0 Å². The van der Waals surface area contributed by atoms with Crippen molar-refractivity contribution >= 4 is 0 Å². The molecule has 0 aromatic rings. The smallest absolute Gasteiger partial charge is 0.118 e. The second-order valence-electron chi connectivity index (χ2n) is 3.35. The Bertz CT molecular complexity index is 225. The van der Waals surface area contributed by atoms with Crippen molar-refractivity contribution in [3.8, 4) is 0 Å². The molecule has 80 valence electrons. The number of hydrogen-bond donors (Lipinski definition) is 0. The summed E-state index contributed by atoms with van der Waals surface area (Å²) in [6.07, 6.45) is 4.95. The van der Waals surface area contributed by atoms with Gasteiger partial charge in [-0.15, -0.1) is 0 Å². The van der Waals surface area contributed by atoms with Crippen LogP contribution in [0.15, 0.2) is 36.6 Å². The van der Waals surface area contributed by atoms with E-state index in [4.69, 9.17) is 4.74 Å². The summed E-state index contributed by atoms with van der Waals surface area (Å²) in [5.41, 5.74) is 1.17. The van der Waals surface area contributed by atoms with Gasteiger partial charge in [0.2, 0.25) is 0 Å². The Morgan fingerprint density at radius 1 is 1.43 bits per heavy atom. The van der Waals surface area contributed by atoms with Crippen molar-refractivity contribution in [2.75, 3.05) is 7.11 Å². The zero-order valence-electron chi connectivity index (χ0n) is 9.84. The van der Waals surface area contributed by atoms with Gasteiger partial charge in [-0.25, -0.2) is 0 Å². The topological polar surface area (TPSA) is 9.23 Å². The largest absolute Gasteiger partial charge is 0.497 e. The lowest BCUT2D eigenvalue weighted by atomic mass is 10.1. The standard InChI is InChI=1S/C11H16O.C2H6/c1-5-10(12-4)6-8(2)11-7-9(11)3;1-2/h5-6,9,11H,1-2,7H2,3-4H3;1-2H3/b10-6+;. The van der Waals surface area contributed by atoms with Crippen LogP contribution in [0.25, 0.3) is 0 Å². The highest BCUT2D eigenvalue weighted by Crippen LogP contribution is 2.43. The number of allylic oxidation sites excluding steroid dienone is 3. The fourth-order valence-corrected chi connectivity index (χ4v) is 1.33. The minimum absolute atomic E-state index is 0.676. The molecule has 0 spiro atoms. The Labute approximate surface area is 88.2 Å². The van der Waals surface area contributed by atoms with Crippen molar-refractivity contribution < 1.29 is 4.74 Å². The molecule has 0 aliphatic heterocycles. The van der Waals surface area contributed by atoms with E-state index in [1.807, 2.05) is 19.9 Å². The highest BCUT2D eigenvalue weighted by atomic mass is 16.5. The second-order valence-corrected chi connectivity index (χ2v) is 3.35. The summed E-state index contributed by atoms with van der Waals surface area (Å²) in [4.78, 5) is 0. The molecule has 2 unspecified atom stereocenters. The Hall–Kier alpha value is -0.980. The lowest BCUT2D eigenvalue weighted by Gasteiger charge is -2.01. The average molecular weight is 194 g/mol. The fourth-order valence-electron chi connectivity index (χ4n) is 1.33. The van der Waals surface area contributed by atoms with E-state index >= 15 is 0 Å². The molecule has 0 amide bonds. The first kappa shape index (κ1) is 13.0. The molecule has 0 aromatic heterocycles. The van der Waals surface area contributed by atoms with Crippen LogP contribution in [0.1, 0.15) is 27.2 Å². The first-order valence-electron chi connectivity index (χ1n) is 5.26. The summed E-state index contributed by atoms with van der Waals surface area (Å²) in [7, 11) is 1.65. The first-order chi connectivity index (χ1) is 6.69. The van der Waals surface area contributed by atoms with Gasteiger partial charge in [-0.3, -0.25) is 0 Å². The van der Waals surface area contributed by atoms with E-state index in [1.165, 1.54) is 12.0 Å². The van der Waals surface area contributed by atoms with E-state index < -0.39 is 0 Å². The maximum Gasteiger partial charge on any atom is 0.118 e. The number of rotatable bonds is 4. The lowest BCUT2D eigenvalue weighted by Crippen LogP contribution is -1.86.